The molecule has 0 aromatic heterocycles. The summed E-state index contributed by atoms with van der Waals surface area (Å²) in [7, 11) is -1.45. The maximum absolute atomic E-state index is 10.8. The molecular formula is C5H11BrOSi. The molecule has 0 fully saturated rings. The monoisotopic (exact) mass is 194 g/mol. The van der Waals surface area contributed by atoms with E-state index in [0.717, 1.165) is 0 Å². The van der Waals surface area contributed by atoms with E-state index in [9.17, 15) is 4.79 Å². The summed E-state index contributed by atoms with van der Waals surface area (Å²) >= 11 is 3.14. The minimum Gasteiger partial charge on any atom is -0.305 e. The highest BCUT2D eigenvalue weighted by Crippen LogP contribution is 2.03. The lowest BCUT2D eigenvalue weighted by Gasteiger charge is -2.10. The summed E-state index contributed by atoms with van der Waals surface area (Å²) in [4.78, 5) is 10.8. The Labute approximate surface area is 59.6 Å². The predicted octanol–water partition coefficient (Wildman–Crippen LogP) is 1.83. The number of carbonyl (C=O) groups is 1. The van der Waals surface area contributed by atoms with Crippen LogP contribution in [0.3, 0.4) is 0 Å². The average Bonchev–Trinajstić information content (AvgIpc) is 1.62. The lowest BCUT2D eigenvalue weighted by Crippen LogP contribution is -2.34. The van der Waals surface area contributed by atoms with Gasteiger partial charge in [0.15, 0.2) is 0 Å². The zero-order chi connectivity index (χ0) is 6.78. The van der Waals surface area contributed by atoms with Crippen molar-refractivity contribution in [1.29, 1.82) is 0 Å². The summed E-state index contributed by atoms with van der Waals surface area (Å²) < 4.78 is 0. The van der Waals surface area contributed by atoms with Crippen molar-refractivity contribution in [3.05, 3.63) is 0 Å². The van der Waals surface area contributed by atoms with Crippen molar-refractivity contribution in [2.75, 3.05) is 5.33 Å². The molecule has 0 aromatic carbocycles. The van der Waals surface area contributed by atoms with Crippen LogP contribution < -0.4 is 0 Å². The Balaban J connectivity index is 3.82. The van der Waals surface area contributed by atoms with E-state index in [-0.39, 0.29) is 0 Å². The molecule has 0 radical (unpaired) electrons. The van der Waals surface area contributed by atoms with E-state index in [0.29, 0.717) is 10.7 Å². The van der Waals surface area contributed by atoms with Gasteiger partial charge in [0.05, 0.1) is 5.33 Å². The Kier molecular flexibility index (Phi) is 2.91. The van der Waals surface area contributed by atoms with Crippen LogP contribution >= 0.6 is 15.9 Å². The van der Waals surface area contributed by atoms with Gasteiger partial charge >= 0.3 is 0 Å². The van der Waals surface area contributed by atoms with E-state index in [1.807, 2.05) is 0 Å². The van der Waals surface area contributed by atoms with E-state index in [4.69, 9.17) is 0 Å². The van der Waals surface area contributed by atoms with Crippen LogP contribution in [-0.4, -0.2) is 18.8 Å². The average molecular weight is 195 g/mol. The van der Waals surface area contributed by atoms with Gasteiger partial charge in [0.25, 0.3) is 0 Å². The number of rotatable bonds is 2. The van der Waals surface area contributed by atoms with Gasteiger partial charge in [-0.25, -0.2) is 0 Å². The molecule has 0 aliphatic heterocycles. The minimum absolute atomic E-state index is 0.387. The van der Waals surface area contributed by atoms with E-state index >= 15 is 0 Å². The highest BCUT2D eigenvalue weighted by Gasteiger charge is 2.21. The van der Waals surface area contributed by atoms with Gasteiger partial charge in [0.2, 0.25) is 0 Å². The lowest BCUT2D eigenvalue weighted by atomic mass is 10.9. The van der Waals surface area contributed by atoms with E-state index in [2.05, 4.69) is 35.6 Å². The van der Waals surface area contributed by atoms with Crippen LogP contribution in [0.15, 0.2) is 0 Å². The van der Waals surface area contributed by atoms with Gasteiger partial charge in [-0.3, -0.25) is 0 Å². The van der Waals surface area contributed by atoms with Gasteiger partial charge in [0.1, 0.15) is 13.5 Å². The molecule has 1 nitrogen and oxygen atoms in total. The van der Waals surface area contributed by atoms with Gasteiger partial charge in [0, 0.05) is 0 Å². The van der Waals surface area contributed by atoms with Crippen LogP contribution in [0.4, 0.5) is 0 Å². The van der Waals surface area contributed by atoms with Gasteiger partial charge < -0.3 is 4.79 Å². The van der Waals surface area contributed by atoms with Crippen molar-refractivity contribution >= 4 is 29.4 Å². The molecule has 0 saturated carbocycles. The van der Waals surface area contributed by atoms with Gasteiger partial charge in [-0.15, -0.1) is 0 Å². The molecule has 0 unspecified atom stereocenters. The topological polar surface area (TPSA) is 17.1 Å². The van der Waals surface area contributed by atoms with Crippen molar-refractivity contribution < 1.29 is 4.79 Å². The van der Waals surface area contributed by atoms with Crippen molar-refractivity contribution in [1.82, 2.24) is 0 Å². The van der Waals surface area contributed by atoms with Gasteiger partial charge in [-0.2, -0.15) is 0 Å². The van der Waals surface area contributed by atoms with Gasteiger partial charge in [-0.1, -0.05) is 35.6 Å². The third kappa shape index (κ3) is 2.62. The van der Waals surface area contributed by atoms with E-state index in [1.165, 1.54) is 0 Å². The van der Waals surface area contributed by atoms with Gasteiger partial charge in [-0.05, 0) is 0 Å². The van der Waals surface area contributed by atoms with Crippen LogP contribution in [0.5, 0.6) is 0 Å². The molecule has 0 amide bonds. The number of halogens is 1. The zero-order valence-corrected chi connectivity index (χ0v) is 8.08. The first-order valence-electron chi connectivity index (χ1n) is 2.57. The number of alkyl halides is 1. The standard InChI is InChI=1S/C5H11BrOSi/c1-8(2,3)5(7)4-6/h4H2,1-3H3. The Morgan fingerprint density at radius 1 is 1.50 bits per heavy atom. The molecule has 8 heavy (non-hydrogen) atoms. The summed E-state index contributed by atoms with van der Waals surface area (Å²) in [6, 6.07) is 0. The second kappa shape index (κ2) is 2.78. The third-order valence-corrected chi connectivity index (χ3v) is 3.83. The fourth-order valence-electron chi connectivity index (χ4n) is 0.200. The first-order chi connectivity index (χ1) is 3.48. The number of carbonyl (C=O) groups excluding carboxylic acids is 1. The lowest BCUT2D eigenvalue weighted by molar-refractivity contribution is -0.110. The Morgan fingerprint density at radius 3 is 1.88 bits per heavy atom. The fraction of sp³-hybridized carbons (Fsp3) is 0.800. The smallest absolute Gasteiger partial charge is 0.125 e. The predicted molar refractivity (Wildman–Crippen MR) is 42.1 cm³/mol. The van der Waals surface area contributed by atoms with Crippen molar-refractivity contribution in [2.45, 2.75) is 19.6 Å². The molecule has 0 bridgehead atoms. The second-order valence-electron chi connectivity index (χ2n) is 2.81. The van der Waals surface area contributed by atoms with Crippen LogP contribution in [0, 0.1) is 0 Å². The molecule has 0 aliphatic rings. The molecule has 0 rings (SSSR count). The molecule has 0 aromatic rings. The van der Waals surface area contributed by atoms with Crippen molar-refractivity contribution in [3.8, 4) is 0 Å². The summed E-state index contributed by atoms with van der Waals surface area (Å²) in [5.41, 5.74) is 0. The maximum atomic E-state index is 10.8. The first kappa shape index (κ1) is 8.37. The normalized spacial score (nSPS) is 11.5. The van der Waals surface area contributed by atoms with E-state index < -0.39 is 8.07 Å². The van der Waals surface area contributed by atoms with Crippen LogP contribution in [0.25, 0.3) is 0 Å². The second-order valence-corrected chi connectivity index (χ2v) is 8.43. The highest BCUT2D eigenvalue weighted by atomic mass is 79.9. The molecule has 48 valence electrons. The molecule has 0 heterocycles. The minimum atomic E-state index is -1.45. The van der Waals surface area contributed by atoms with Crippen LogP contribution in [0.2, 0.25) is 19.6 Å². The Morgan fingerprint density at radius 2 is 1.88 bits per heavy atom. The molecule has 0 atom stereocenters. The summed E-state index contributed by atoms with van der Waals surface area (Å²) in [6.45, 7) is 6.16. The molecule has 0 saturated heterocycles. The fourth-order valence-corrected chi connectivity index (χ4v) is 3.12. The summed E-state index contributed by atoms with van der Waals surface area (Å²) in [5.74, 6) is 0. The summed E-state index contributed by atoms with van der Waals surface area (Å²) in [6.07, 6.45) is 0. The maximum Gasteiger partial charge on any atom is 0.125 e. The Bertz CT molecular complexity index is 95.1. The number of hydrogen-bond acceptors (Lipinski definition) is 1. The largest absolute Gasteiger partial charge is 0.305 e. The quantitative estimate of drug-likeness (QED) is 0.485. The third-order valence-electron chi connectivity index (χ3n) is 0.958. The molecule has 0 spiro atoms. The molecule has 0 aliphatic carbocycles. The Hall–Kier alpha value is 0.367. The van der Waals surface area contributed by atoms with Crippen molar-refractivity contribution in [2.24, 2.45) is 0 Å². The SMILES string of the molecule is C[Si](C)(C)C(=O)CBr. The molecule has 0 N–H and O–H groups in total. The summed E-state index contributed by atoms with van der Waals surface area (Å²) in [5, 5.41) is 0.917. The van der Waals surface area contributed by atoms with Crippen LogP contribution in [0.1, 0.15) is 0 Å². The highest BCUT2D eigenvalue weighted by molar-refractivity contribution is 9.09. The molecular weight excluding hydrogens is 184 g/mol. The van der Waals surface area contributed by atoms with E-state index in [1.54, 1.807) is 0 Å². The first-order valence-corrected chi connectivity index (χ1v) is 7.20. The molecule has 3 heteroatoms. The zero-order valence-electron chi connectivity index (χ0n) is 5.49. The van der Waals surface area contributed by atoms with Crippen LogP contribution in [-0.2, 0) is 4.79 Å². The van der Waals surface area contributed by atoms with Crippen molar-refractivity contribution in [3.63, 3.8) is 0 Å². The number of hydrogen-bond donors (Lipinski definition) is 0.